The monoisotopic (exact) mass is 473 g/mol. The van der Waals surface area contributed by atoms with Crippen LogP contribution < -0.4 is 10.1 Å². The van der Waals surface area contributed by atoms with Crippen LogP contribution in [0, 0.1) is 3.57 Å². The fourth-order valence-corrected chi connectivity index (χ4v) is 2.77. The predicted octanol–water partition coefficient (Wildman–Crippen LogP) is 5.48. The summed E-state index contributed by atoms with van der Waals surface area (Å²) in [5.74, 6) is 0.442. The minimum Gasteiger partial charge on any atom is -0.493 e. The number of amides is 1. The van der Waals surface area contributed by atoms with E-state index < -0.39 is 0 Å². The average molecular weight is 474 g/mol. The van der Waals surface area contributed by atoms with E-state index in [1.165, 1.54) is 0 Å². The lowest BCUT2D eigenvalue weighted by atomic mass is 10.2. The van der Waals surface area contributed by atoms with Crippen LogP contribution in [0.2, 0.25) is 0 Å². The Labute approximate surface area is 152 Å². The van der Waals surface area contributed by atoms with Crippen LogP contribution in [0.25, 0.3) is 0 Å². The molecule has 2 rings (SSSR count). The third kappa shape index (κ3) is 4.71. The molecule has 0 saturated heterocycles. The van der Waals surface area contributed by atoms with Gasteiger partial charge >= 0.3 is 0 Å². The van der Waals surface area contributed by atoms with Gasteiger partial charge in [0.05, 0.1) is 17.9 Å². The maximum absolute atomic E-state index is 12.6. The van der Waals surface area contributed by atoms with E-state index in [0.717, 1.165) is 26.6 Å². The molecule has 0 aromatic heterocycles. The van der Waals surface area contributed by atoms with Gasteiger partial charge in [-0.05, 0) is 59.3 Å². The highest BCUT2D eigenvalue weighted by Crippen LogP contribution is 2.25. The topological polar surface area (TPSA) is 38.3 Å². The van der Waals surface area contributed by atoms with Crippen molar-refractivity contribution >= 4 is 50.1 Å². The summed E-state index contributed by atoms with van der Waals surface area (Å²) in [7, 11) is 0. The molecule has 22 heavy (non-hydrogen) atoms. The number of benzene rings is 2. The number of rotatable bonds is 6. The number of halogens is 2. The maximum atomic E-state index is 12.6. The van der Waals surface area contributed by atoms with Gasteiger partial charge in [-0.25, -0.2) is 0 Å². The first-order valence-electron chi connectivity index (χ1n) is 7.10. The van der Waals surface area contributed by atoms with Crippen molar-refractivity contribution < 1.29 is 9.53 Å². The van der Waals surface area contributed by atoms with Crippen molar-refractivity contribution in [2.24, 2.45) is 0 Å². The fourth-order valence-electron chi connectivity index (χ4n) is 1.88. The highest BCUT2D eigenvalue weighted by atomic mass is 127. The zero-order valence-electron chi connectivity index (χ0n) is 12.2. The largest absolute Gasteiger partial charge is 0.493 e. The Morgan fingerprint density at radius 3 is 2.77 bits per heavy atom. The van der Waals surface area contributed by atoms with Crippen molar-refractivity contribution in [2.75, 3.05) is 11.9 Å². The third-order valence-electron chi connectivity index (χ3n) is 3.06. The fraction of sp³-hybridized carbons (Fsp3) is 0.235. The van der Waals surface area contributed by atoms with Gasteiger partial charge in [0.25, 0.3) is 5.91 Å². The molecule has 0 unspecified atom stereocenters. The van der Waals surface area contributed by atoms with Crippen molar-refractivity contribution in [1.29, 1.82) is 0 Å². The molecule has 0 aliphatic heterocycles. The zero-order chi connectivity index (χ0) is 15.9. The molecule has 0 atom stereocenters. The smallest absolute Gasteiger partial charge is 0.259 e. The maximum Gasteiger partial charge on any atom is 0.259 e. The van der Waals surface area contributed by atoms with Crippen molar-refractivity contribution in [2.45, 2.75) is 19.8 Å². The number of carbonyl (C=O) groups excluding carboxylic acids is 1. The number of ether oxygens (including phenoxy) is 1. The number of hydrogen-bond acceptors (Lipinski definition) is 2. The van der Waals surface area contributed by atoms with Crippen molar-refractivity contribution in [3.05, 3.63) is 56.1 Å². The lowest BCUT2D eigenvalue weighted by molar-refractivity contribution is 0.102. The molecule has 2 aromatic rings. The van der Waals surface area contributed by atoms with Gasteiger partial charge in [-0.15, -0.1) is 0 Å². The summed E-state index contributed by atoms with van der Waals surface area (Å²) in [5, 5.41) is 2.94. The number of unbranched alkanes of at least 4 members (excludes halogenated alkanes) is 1. The first kappa shape index (κ1) is 17.3. The van der Waals surface area contributed by atoms with Crippen molar-refractivity contribution in [3.63, 3.8) is 0 Å². The van der Waals surface area contributed by atoms with Crippen LogP contribution in [0.4, 0.5) is 5.69 Å². The molecule has 0 spiro atoms. The number of para-hydroxylation sites is 1. The van der Waals surface area contributed by atoms with Gasteiger partial charge < -0.3 is 10.1 Å². The van der Waals surface area contributed by atoms with Crippen LogP contribution in [0.5, 0.6) is 5.75 Å². The normalized spacial score (nSPS) is 10.3. The van der Waals surface area contributed by atoms with E-state index in [0.29, 0.717) is 17.9 Å². The Morgan fingerprint density at radius 1 is 1.27 bits per heavy atom. The molecular formula is C17H17BrINO2. The second kappa shape index (κ2) is 8.53. The second-order valence-corrected chi connectivity index (χ2v) is 6.85. The Bertz CT molecular complexity index is 661. The zero-order valence-corrected chi connectivity index (χ0v) is 16.0. The Balaban J connectivity index is 2.20. The van der Waals surface area contributed by atoms with Gasteiger partial charge in [0.2, 0.25) is 0 Å². The molecule has 0 radical (unpaired) electrons. The molecule has 1 amide bonds. The first-order valence-corrected chi connectivity index (χ1v) is 8.97. The van der Waals surface area contributed by atoms with E-state index in [2.05, 4.69) is 50.8 Å². The van der Waals surface area contributed by atoms with Crippen LogP contribution in [-0.2, 0) is 0 Å². The standard InChI is InChI=1S/C17H17BrINO2/c1-2-3-10-22-16-9-8-12(18)11-13(16)17(21)20-15-7-5-4-6-14(15)19/h4-9,11H,2-3,10H2,1H3,(H,20,21). The van der Waals surface area contributed by atoms with E-state index >= 15 is 0 Å². The summed E-state index contributed by atoms with van der Waals surface area (Å²) < 4.78 is 7.59. The molecule has 0 bridgehead atoms. The molecular weight excluding hydrogens is 457 g/mol. The number of nitrogens with one attached hydrogen (secondary N) is 1. The number of anilines is 1. The molecule has 2 aromatic carbocycles. The summed E-state index contributed by atoms with van der Waals surface area (Å²) in [6, 6.07) is 13.2. The molecule has 0 heterocycles. The lowest BCUT2D eigenvalue weighted by Crippen LogP contribution is -2.14. The summed E-state index contributed by atoms with van der Waals surface area (Å²) in [4.78, 5) is 12.6. The van der Waals surface area contributed by atoms with Gasteiger partial charge in [-0.3, -0.25) is 4.79 Å². The minimum absolute atomic E-state index is 0.170. The van der Waals surface area contributed by atoms with Gasteiger partial charge in [0.1, 0.15) is 5.75 Å². The van der Waals surface area contributed by atoms with Gasteiger partial charge in [0, 0.05) is 8.04 Å². The third-order valence-corrected chi connectivity index (χ3v) is 4.50. The molecule has 1 N–H and O–H groups in total. The Kier molecular flexibility index (Phi) is 6.70. The number of hydrogen-bond donors (Lipinski definition) is 1. The van der Waals surface area contributed by atoms with Gasteiger partial charge in [0.15, 0.2) is 0 Å². The predicted molar refractivity (Wildman–Crippen MR) is 102 cm³/mol. The molecule has 5 heteroatoms. The van der Waals surface area contributed by atoms with E-state index in [4.69, 9.17) is 4.74 Å². The van der Waals surface area contributed by atoms with Gasteiger partial charge in [-0.1, -0.05) is 41.4 Å². The SMILES string of the molecule is CCCCOc1ccc(Br)cc1C(=O)Nc1ccccc1I. The molecule has 3 nitrogen and oxygen atoms in total. The van der Waals surface area contributed by atoms with Crippen LogP contribution in [-0.4, -0.2) is 12.5 Å². The Morgan fingerprint density at radius 2 is 2.05 bits per heavy atom. The molecule has 0 fully saturated rings. The summed E-state index contributed by atoms with van der Waals surface area (Å²) in [6.07, 6.45) is 2.02. The van der Waals surface area contributed by atoms with Gasteiger partial charge in [-0.2, -0.15) is 0 Å². The number of carbonyl (C=O) groups is 1. The lowest BCUT2D eigenvalue weighted by Gasteiger charge is -2.13. The van der Waals surface area contributed by atoms with Crippen molar-refractivity contribution in [3.8, 4) is 5.75 Å². The summed E-state index contributed by atoms with van der Waals surface area (Å²) in [6.45, 7) is 2.72. The molecule has 0 saturated carbocycles. The van der Waals surface area contributed by atoms with Crippen LogP contribution in [0.1, 0.15) is 30.1 Å². The van der Waals surface area contributed by atoms with Crippen molar-refractivity contribution in [1.82, 2.24) is 0 Å². The van der Waals surface area contributed by atoms with E-state index in [-0.39, 0.29) is 5.91 Å². The van der Waals surface area contributed by atoms with E-state index in [1.807, 2.05) is 36.4 Å². The second-order valence-electron chi connectivity index (χ2n) is 4.78. The molecule has 116 valence electrons. The molecule has 0 aliphatic rings. The van der Waals surface area contributed by atoms with E-state index in [1.54, 1.807) is 6.07 Å². The summed E-state index contributed by atoms with van der Waals surface area (Å²) in [5.41, 5.74) is 1.33. The van der Waals surface area contributed by atoms with Crippen LogP contribution in [0.15, 0.2) is 46.9 Å². The molecule has 0 aliphatic carbocycles. The van der Waals surface area contributed by atoms with E-state index in [9.17, 15) is 4.79 Å². The highest BCUT2D eigenvalue weighted by Gasteiger charge is 2.14. The summed E-state index contributed by atoms with van der Waals surface area (Å²) >= 11 is 5.61. The van der Waals surface area contributed by atoms with Crippen LogP contribution in [0.3, 0.4) is 0 Å². The average Bonchev–Trinajstić information content (AvgIpc) is 2.51. The quantitative estimate of drug-likeness (QED) is 0.445. The first-order chi connectivity index (χ1) is 10.6. The Hall–Kier alpha value is -1.08. The minimum atomic E-state index is -0.170. The highest BCUT2D eigenvalue weighted by molar-refractivity contribution is 14.1. The van der Waals surface area contributed by atoms with Crippen LogP contribution >= 0.6 is 38.5 Å².